The molecule has 3 aliphatic rings. The van der Waals surface area contributed by atoms with E-state index in [1.165, 1.54) is 12.1 Å². The van der Waals surface area contributed by atoms with Crippen LogP contribution in [0.4, 0.5) is 16.2 Å². The number of hydrogen-bond donors (Lipinski definition) is 1. The van der Waals surface area contributed by atoms with E-state index in [4.69, 9.17) is 26.2 Å². The Balaban J connectivity index is 1.22. The highest BCUT2D eigenvalue weighted by atomic mass is 35.5. The Kier molecular flexibility index (Phi) is 5.95. The number of nitrogens with zero attached hydrogens (tertiary/aromatic N) is 6. The molecule has 4 heterocycles. The Labute approximate surface area is 214 Å². The van der Waals surface area contributed by atoms with Crippen molar-refractivity contribution in [2.45, 2.75) is 39.3 Å². The van der Waals surface area contributed by atoms with Crippen LogP contribution in [0.2, 0.25) is 5.02 Å². The van der Waals surface area contributed by atoms with Crippen LogP contribution in [0.25, 0.3) is 0 Å². The highest BCUT2D eigenvalue weighted by Gasteiger charge is 2.43. The molecular weight excluding hydrogens is 485 g/mol. The summed E-state index contributed by atoms with van der Waals surface area (Å²) < 4.78 is 27.0. The number of nitrogens with one attached hydrogen (secondary N) is 1. The zero-order valence-corrected chi connectivity index (χ0v) is 21.1. The molecule has 0 radical (unpaired) electrons. The van der Waals surface area contributed by atoms with Gasteiger partial charge in [-0.25, -0.2) is 19.0 Å². The monoisotopic (exact) mass is 513 g/mol. The fraction of sp³-hybridized carbons (Fsp3) is 0.520. The van der Waals surface area contributed by atoms with Crippen LogP contribution in [0.5, 0.6) is 11.8 Å². The number of aryl methyl sites for hydroxylation is 1. The van der Waals surface area contributed by atoms with E-state index < -0.39 is 5.82 Å². The molecule has 1 aromatic carbocycles. The molecule has 1 saturated carbocycles. The number of rotatable bonds is 7. The molecular formula is C25H29ClFN7O2. The third kappa shape index (κ3) is 4.71. The van der Waals surface area contributed by atoms with E-state index in [1.807, 2.05) is 13.0 Å². The first kappa shape index (κ1) is 23.4. The molecule has 3 fully saturated rings. The summed E-state index contributed by atoms with van der Waals surface area (Å²) >= 11 is 6.03. The second-order valence-electron chi connectivity index (χ2n) is 10.6. The van der Waals surface area contributed by atoms with Crippen molar-refractivity contribution < 1.29 is 13.9 Å². The lowest BCUT2D eigenvalue weighted by molar-refractivity contribution is -0.112. The smallest absolute Gasteiger partial charge is 0.322 e. The van der Waals surface area contributed by atoms with E-state index in [2.05, 4.69) is 32.1 Å². The quantitative estimate of drug-likeness (QED) is 0.499. The summed E-state index contributed by atoms with van der Waals surface area (Å²) in [5.41, 5.74) is 0.919. The van der Waals surface area contributed by atoms with Crippen molar-refractivity contribution in [3.8, 4) is 11.8 Å². The van der Waals surface area contributed by atoms with Crippen molar-refractivity contribution in [2.24, 2.45) is 17.3 Å². The summed E-state index contributed by atoms with van der Waals surface area (Å²) in [4.78, 5) is 15.7. The number of fused-ring (bicyclic) bond motifs is 2. The molecule has 3 atom stereocenters. The Hall–Kier alpha value is -2.98. The van der Waals surface area contributed by atoms with Gasteiger partial charge >= 0.3 is 6.01 Å². The predicted molar refractivity (Wildman–Crippen MR) is 133 cm³/mol. The van der Waals surface area contributed by atoms with Gasteiger partial charge in [-0.1, -0.05) is 18.5 Å². The number of aromatic nitrogens is 5. The third-order valence-corrected chi connectivity index (χ3v) is 7.58. The van der Waals surface area contributed by atoms with E-state index in [1.54, 1.807) is 17.1 Å². The Morgan fingerprint density at radius 1 is 1.17 bits per heavy atom. The number of ether oxygens (including phenoxy) is 2. The van der Waals surface area contributed by atoms with Crippen LogP contribution >= 0.6 is 11.6 Å². The summed E-state index contributed by atoms with van der Waals surface area (Å²) in [6.45, 7) is 7.84. The molecule has 11 heteroatoms. The van der Waals surface area contributed by atoms with Crippen molar-refractivity contribution >= 4 is 23.4 Å². The van der Waals surface area contributed by atoms with Gasteiger partial charge in [-0.3, -0.25) is 0 Å². The molecule has 1 N–H and O–H groups in total. The molecule has 0 amide bonds. The average molecular weight is 514 g/mol. The zero-order valence-electron chi connectivity index (χ0n) is 20.3. The van der Waals surface area contributed by atoms with E-state index >= 15 is 0 Å². The summed E-state index contributed by atoms with van der Waals surface area (Å²) in [6, 6.07) is 6.70. The molecule has 9 nitrogen and oxygen atoms in total. The zero-order chi connectivity index (χ0) is 24.9. The maximum absolute atomic E-state index is 13.9. The number of hydrogen-bond acceptors (Lipinski definition) is 8. The molecule has 2 aromatic heterocycles. The second kappa shape index (κ2) is 9.15. The van der Waals surface area contributed by atoms with Crippen molar-refractivity contribution in [1.82, 2.24) is 24.7 Å². The maximum Gasteiger partial charge on any atom is 0.322 e. The lowest BCUT2D eigenvalue weighted by atomic mass is 9.89. The van der Waals surface area contributed by atoms with Crippen molar-refractivity contribution in [2.75, 3.05) is 36.5 Å². The fourth-order valence-electron chi connectivity index (χ4n) is 5.57. The Morgan fingerprint density at radius 2 is 1.94 bits per heavy atom. The van der Waals surface area contributed by atoms with Gasteiger partial charge in [0.1, 0.15) is 23.7 Å². The molecule has 6 rings (SSSR count). The number of anilines is 2. The van der Waals surface area contributed by atoms with Gasteiger partial charge < -0.3 is 19.7 Å². The van der Waals surface area contributed by atoms with Crippen LogP contribution in [-0.2, 0) is 11.3 Å². The Morgan fingerprint density at radius 3 is 2.61 bits per heavy atom. The predicted octanol–water partition coefficient (Wildman–Crippen LogP) is 4.32. The van der Waals surface area contributed by atoms with Crippen molar-refractivity contribution in [3.63, 3.8) is 0 Å². The van der Waals surface area contributed by atoms with Crippen LogP contribution in [0.1, 0.15) is 25.5 Å². The summed E-state index contributed by atoms with van der Waals surface area (Å²) in [6.07, 6.45) is 3.92. The number of halogens is 2. The van der Waals surface area contributed by atoms with Crippen LogP contribution in [0.15, 0.2) is 30.6 Å². The van der Waals surface area contributed by atoms with Gasteiger partial charge in [-0.2, -0.15) is 4.98 Å². The number of piperidine rings is 1. The van der Waals surface area contributed by atoms with Gasteiger partial charge in [0.15, 0.2) is 0 Å². The topological polar surface area (TPSA) is 90.2 Å². The van der Waals surface area contributed by atoms with E-state index in [9.17, 15) is 4.39 Å². The van der Waals surface area contributed by atoms with Gasteiger partial charge in [0, 0.05) is 47.4 Å². The largest absolute Gasteiger partial charge is 0.424 e. The lowest BCUT2D eigenvalue weighted by Gasteiger charge is -2.38. The molecule has 3 aromatic rings. The maximum atomic E-state index is 13.9. The van der Waals surface area contributed by atoms with Gasteiger partial charge in [-0.05, 0) is 43.7 Å². The van der Waals surface area contributed by atoms with Crippen molar-refractivity contribution in [1.29, 1.82) is 0 Å². The molecule has 2 saturated heterocycles. The second-order valence-corrected chi connectivity index (χ2v) is 11.0. The van der Waals surface area contributed by atoms with Gasteiger partial charge in [0.2, 0.25) is 5.95 Å². The normalized spacial score (nSPS) is 24.4. The summed E-state index contributed by atoms with van der Waals surface area (Å²) in [5.74, 6) is 2.22. The highest BCUT2D eigenvalue weighted by molar-refractivity contribution is 6.30. The van der Waals surface area contributed by atoms with Gasteiger partial charge in [0.25, 0.3) is 0 Å². The van der Waals surface area contributed by atoms with E-state index in [0.29, 0.717) is 43.6 Å². The number of benzene rings is 1. The van der Waals surface area contributed by atoms with Crippen molar-refractivity contribution in [3.05, 3.63) is 47.1 Å². The molecule has 1 aliphatic carbocycles. The molecule has 1 unspecified atom stereocenters. The van der Waals surface area contributed by atoms with E-state index in [-0.39, 0.29) is 22.2 Å². The summed E-state index contributed by atoms with van der Waals surface area (Å²) in [5, 5.41) is 8.61. The minimum atomic E-state index is -0.469. The fourth-order valence-corrected chi connectivity index (χ4v) is 5.78. The molecule has 2 bridgehead atoms. The molecule has 190 valence electrons. The first-order valence-electron chi connectivity index (χ1n) is 12.3. The molecule has 0 spiro atoms. The average Bonchev–Trinajstić information content (AvgIpc) is 3.26. The minimum absolute atomic E-state index is 0.0529. The van der Waals surface area contributed by atoms with Crippen LogP contribution < -0.4 is 15.0 Å². The molecule has 2 aliphatic heterocycles. The highest BCUT2D eigenvalue weighted by Crippen LogP contribution is 2.40. The van der Waals surface area contributed by atoms with Crippen LogP contribution in [0.3, 0.4) is 0 Å². The SMILES string of the molecule is Cc1cc(N2C[C@H]3CC[C@@H](C2)C3Nc2nc(Oc3cc(F)cc(Cl)c3)n(CC3(C)COC3)n2)ncn1. The van der Waals surface area contributed by atoms with Gasteiger partial charge in [-0.15, -0.1) is 5.10 Å². The van der Waals surface area contributed by atoms with E-state index in [0.717, 1.165) is 37.4 Å². The molecule has 36 heavy (non-hydrogen) atoms. The first-order chi connectivity index (χ1) is 17.3. The Bertz CT molecular complexity index is 1230. The third-order valence-electron chi connectivity index (χ3n) is 7.36. The van der Waals surface area contributed by atoms with Crippen LogP contribution in [-0.4, -0.2) is 57.1 Å². The van der Waals surface area contributed by atoms with Gasteiger partial charge in [0.05, 0.1) is 19.8 Å². The standard InChI is InChI=1S/C25H29ClFN7O2/c1-15-5-21(29-14-28-15)33-9-16-3-4-17(10-33)22(16)30-23-31-24(34(32-23)11-25(2)12-35-13-25)36-20-7-18(26)6-19(27)8-20/h5-8,14,16-17,22H,3-4,9-13H2,1-2H3,(H,30,32)/t16-,17+,22?. The van der Waals surface area contributed by atoms with Crippen LogP contribution in [0, 0.1) is 30.0 Å². The summed E-state index contributed by atoms with van der Waals surface area (Å²) in [7, 11) is 0. The lowest BCUT2D eigenvalue weighted by Crippen LogP contribution is -2.48. The first-order valence-corrected chi connectivity index (χ1v) is 12.7. The minimum Gasteiger partial charge on any atom is -0.424 e.